The van der Waals surface area contributed by atoms with Crippen LogP contribution in [-0.2, 0) is 18.4 Å². The molecule has 0 amide bonds. The zero-order chi connectivity index (χ0) is 15.9. The molecule has 116 valence electrons. The zero-order valence-corrected chi connectivity index (χ0v) is 13.5. The molecule has 0 spiro atoms. The van der Waals surface area contributed by atoms with E-state index >= 15 is 0 Å². The molecular formula is C15H21O5P. The molecule has 1 atom stereocenters. The lowest BCUT2D eigenvalue weighted by Crippen LogP contribution is -2.26. The normalized spacial score (nSPS) is 12.9. The van der Waals surface area contributed by atoms with Crippen LogP contribution in [0.4, 0.5) is 0 Å². The van der Waals surface area contributed by atoms with Crippen LogP contribution in [0.5, 0.6) is 0 Å². The Hall–Kier alpha value is -1.29. The van der Waals surface area contributed by atoms with Crippen LogP contribution in [0.15, 0.2) is 30.3 Å². The van der Waals surface area contributed by atoms with Crippen LogP contribution >= 0.6 is 7.60 Å². The highest BCUT2D eigenvalue weighted by Crippen LogP contribution is 2.50. The second-order valence-electron chi connectivity index (χ2n) is 4.52. The van der Waals surface area contributed by atoms with Crippen LogP contribution in [0.2, 0.25) is 0 Å². The predicted octanol–water partition coefficient (Wildman–Crippen LogP) is 3.34. The third kappa shape index (κ3) is 5.20. The number of benzene rings is 1. The maximum absolute atomic E-state index is 12.5. The van der Waals surface area contributed by atoms with E-state index < -0.39 is 13.5 Å². The van der Waals surface area contributed by atoms with Crippen molar-refractivity contribution in [3.05, 3.63) is 35.9 Å². The van der Waals surface area contributed by atoms with Crippen molar-refractivity contribution < 1.29 is 23.2 Å². The summed E-state index contributed by atoms with van der Waals surface area (Å²) >= 11 is 0. The van der Waals surface area contributed by atoms with E-state index in [0.717, 1.165) is 0 Å². The Morgan fingerprint density at radius 3 is 2.05 bits per heavy atom. The van der Waals surface area contributed by atoms with Crippen molar-refractivity contribution in [3.8, 4) is 0 Å². The lowest BCUT2D eigenvalue weighted by atomic mass is 9.96. The molecule has 1 unspecified atom stereocenters. The summed E-state index contributed by atoms with van der Waals surface area (Å²) in [6.07, 6.45) is -0.224. The van der Waals surface area contributed by atoms with E-state index in [4.69, 9.17) is 9.05 Å². The van der Waals surface area contributed by atoms with Crippen LogP contribution in [0.3, 0.4) is 0 Å². The molecule has 0 radical (unpaired) electrons. The molecule has 0 heterocycles. The average Bonchev–Trinajstić information content (AvgIpc) is 2.45. The summed E-state index contributed by atoms with van der Waals surface area (Å²) in [4.78, 5) is 24.2. The number of carbonyl (C=O) groups is 2. The number of hydrogen-bond donors (Lipinski definition) is 0. The first-order valence-corrected chi connectivity index (χ1v) is 8.64. The minimum atomic E-state index is -3.45. The second-order valence-corrected chi connectivity index (χ2v) is 6.63. The standard InChI is InChI=1S/C15H21O5P/c1-4-19-21(18,20-5-2)11-14(12(3)16)15(17)13-9-7-6-8-10-13/h6-10,14H,4-5,11H2,1-3H3. The Labute approximate surface area is 125 Å². The number of Topliss-reactive ketones (excluding diaryl/α,β-unsaturated/α-hetero) is 2. The van der Waals surface area contributed by atoms with Crippen LogP contribution < -0.4 is 0 Å². The van der Waals surface area contributed by atoms with Crippen LogP contribution in [-0.4, -0.2) is 30.9 Å². The van der Waals surface area contributed by atoms with E-state index in [1.807, 2.05) is 0 Å². The van der Waals surface area contributed by atoms with E-state index in [1.54, 1.807) is 44.2 Å². The molecule has 0 aliphatic rings. The summed E-state index contributed by atoms with van der Waals surface area (Å²) in [6.45, 7) is 5.08. The fourth-order valence-corrected chi connectivity index (χ4v) is 3.90. The van der Waals surface area contributed by atoms with Gasteiger partial charge in [-0.3, -0.25) is 14.2 Å². The topological polar surface area (TPSA) is 69.7 Å². The van der Waals surface area contributed by atoms with Gasteiger partial charge in [0.25, 0.3) is 0 Å². The van der Waals surface area contributed by atoms with E-state index in [2.05, 4.69) is 0 Å². The van der Waals surface area contributed by atoms with Gasteiger partial charge in [0.05, 0.1) is 25.3 Å². The van der Waals surface area contributed by atoms with Crippen molar-refractivity contribution in [1.29, 1.82) is 0 Å². The van der Waals surface area contributed by atoms with Crippen molar-refractivity contribution in [2.75, 3.05) is 19.4 Å². The van der Waals surface area contributed by atoms with Gasteiger partial charge in [0.1, 0.15) is 5.78 Å². The van der Waals surface area contributed by atoms with Crippen molar-refractivity contribution in [3.63, 3.8) is 0 Å². The highest BCUT2D eigenvalue weighted by molar-refractivity contribution is 7.53. The van der Waals surface area contributed by atoms with Crippen LogP contribution in [0.25, 0.3) is 0 Å². The maximum atomic E-state index is 12.5. The minimum absolute atomic E-state index is 0.196. The van der Waals surface area contributed by atoms with Gasteiger partial charge in [-0.15, -0.1) is 0 Å². The zero-order valence-electron chi connectivity index (χ0n) is 12.6. The van der Waals surface area contributed by atoms with E-state index in [9.17, 15) is 14.2 Å². The molecule has 0 aliphatic carbocycles. The first kappa shape index (κ1) is 17.8. The number of carbonyl (C=O) groups excluding carboxylic acids is 2. The Morgan fingerprint density at radius 1 is 1.10 bits per heavy atom. The monoisotopic (exact) mass is 312 g/mol. The molecule has 1 aromatic rings. The summed E-state index contributed by atoms with van der Waals surface area (Å²) in [5.41, 5.74) is 0.414. The second kappa shape index (κ2) is 8.23. The van der Waals surface area contributed by atoms with Gasteiger partial charge in [0.2, 0.25) is 0 Å². The maximum Gasteiger partial charge on any atom is 0.331 e. The van der Waals surface area contributed by atoms with Crippen LogP contribution in [0, 0.1) is 5.92 Å². The fourth-order valence-electron chi connectivity index (χ4n) is 1.96. The minimum Gasteiger partial charge on any atom is -0.309 e. The van der Waals surface area contributed by atoms with Crippen molar-refractivity contribution in [1.82, 2.24) is 0 Å². The van der Waals surface area contributed by atoms with Gasteiger partial charge in [-0.05, 0) is 20.8 Å². The van der Waals surface area contributed by atoms with E-state index in [0.29, 0.717) is 5.56 Å². The average molecular weight is 312 g/mol. The summed E-state index contributed by atoms with van der Waals surface area (Å²) in [7, 11) is -3.45. The number of ketones is 2. The molecule has 1 rings (SSSR count). The smallest absolute Gasteiger partial charge is 0.309 e. The summed E-state index contributed by atoms with van der Waals surface area (Å²) in [5.74, 6) is -1.72. The molecule has 5 nitrogen and oxygen atoms in total. The van der Waals surface area contributed by atoms with Crippen molar-refractivity contribution in [2.45, 2.75) is 20.8 Å². The first-order chi connectivity index (χ1) is 9.93. The van der Waals surface area contributed by atoms with Gasteiger partial charge in [0, 0.05) is 5.56 Å². The highest BCUT2D eigenvalue weighted by Gasteiger charge is 2.35. The number of rotatable bonds is 9. The first-order valence-electron chi connectivity index (χ1n) is 6.91. The van der Waals surface area contributed by atoms with Crippen molar-refractivity contribution >= 4 is 19.2 Å². The molecule has 0 saturated carbocycles. The molecule has 0 saturated heterocycles. The summed E-state index contributed by atoms with van der Waals surface area (Å²) in [6, 6.07) is 8.48. The van der Waals surface area contributed by atoms with Gasteiger partial charge >= 0.3 is 7.60 Å². The lowest BCUT2D eigenvalue weighted by molar-refractivity contribution is -0.118. The third-order valence-corrected chi connectivity index (χ3v) is 5.04. The Balaban J connectivity index is 2.99. The van der Waals surface area contributed by atoms with Gasteiger partial charge < -0.3 is 9.05 Å². The van der Waals surface area contributed by atoms with Crippen LogP contribution in [0.1, 0.15) is 31.1 Å². The third-order valence-electron chi connectivity index (χ3n) is 2.92. The molecule has 0 aromatic heterocycles. The highest BCUT2D eigenvalue weighted by atomic mass is 31.2. The largest absolute Gasteiger partial charge is 0.331 e. The molecule has 0 N–H and O–H groups in total. The van der Waals surface area contributed by atoms with E-state index in [1.165, 1.54) is 6.92 Å². The quantitative estimate of drug-likeness (QED) is 0.397. The Bertz CT molecular complexity index is 516. The van der Waals surface area contributed by atoms with Gasteiger partial charge in [0.15, 0.2) is 5.78 Å². The Kier molecular flexibility index (Phi) is 6.96. The van der Waals surface area contributed by atoms with E-state index in [-0.39, 0.29) is 30.9 Å². The molecule has 0 aliphatic heterocycles. The molecule has 0 fully saturated rings. The van der Waals surface area contributed by atoms with Gasteiger partial charge in [-0.25, -0.2) is 0 Å². The number of hydrogen-bond acceptors (Lipinski definition) is 5. The molecule has 21 heavy (non-hydrogen) atoms. The van der Waals surface area contributed by atoms with Gasteiger partial charge in [-0.1, -0.05) is 30.3 Å². The van der Waals surface area contributed by atoms with Crippen molar-refractivity contribution in [2.24, 2.45) is 5.92 Å². The van der Waals surface area contributed by atoms with Gasteiger partial charge in [-0.2, -0.15) is 0 Å². The summed E-state index contributed by atoms with van der Waals surface area (Å²) < 4.78 is 22.8. The molecular weight excluding hydrogens is 291 g/mol. The predicted molar refractivity (Wildman–Crippen MR) is 80.7 cm³/mol. The summed E-state index contributed by atoms with van der Waals surface area (Å²) in [5, 5.41) is 0. The molecule has 6 heteroatoms. The SMILES string of the molecule is CCOP(=O)(CC(C(C)=O)C(=O)c1ccccc1)OCC. The molecule has 0 bridgehead atoms. The molecule has 1 aromatic carbocycles. The lowest BCUT2D eigenvalue weighted by Gasteiger charge is -2.21. The fraction of sp³-hybridized carbons (Fsp3) is 0.467. The Morgan fingerprint density at radius 2 is 1.62 bits per heavy atom.